The zero-order valence-corrected chi connectivity index (χ0v) is 15.8. The van der Waals surface area contributed by atoms with Crippen LogP contribution in [0.4, 0.5) is 0 Å². The molecule has 2 amide bonds. The lowest BCUT2D eigenvalue weighted by Gasteiger charge is -2.34. The third kappa shape index (κ3) is 5.66. The SMILES string of the molecule is CCCCCNC(=O)C(C)(C)C(=O)N(Cc1ccccc1)C(C)C. The van der Waals surface area contributed by atoms with Gasteiger partial charge in [0.05, 0.1) is 0 Å². The van der Waals surface area contributed by atoms with Crippen LogP contribution in [0.1, 0.15) is 59.4 Å². The van der Waals surface area contributed by atoms with Gasteiger partial charge in [-0.05, 0) is 39.7 Å². The molecule has 0 aliphatic carbocycles. The quantitative estimate of drug-likeness (QED) is 0.553. The minimum absolute atomic E-state index is 0.0323. The molecule has 0 spiro atoms. The topological polar surface area (TPSA) is 49.4 Å². The van der Waals surface area contributed by atoms with E-state index in [1.807, 2.05) is 44.2 Å². The highest BCUT2D eigenvalue weighted by molar-refractivity contribution is 6.04. The number of unbranched alkanes of at least 4 members (excludes halogenated alkanes) is 2. The minimum Gasteiger partial charge on any atom is -0.355 e. The molecule has 0 unspecified atom stereocenters. The molecule has 0 heterocycles. The predicted molar refractivity (Wildman–Crippen MR) is 98.4 cm³/mol. The van der Waals surface area contributed by atoms with E-state index in [4.69, 9.17) is 0 Å². The molecule has 0 atom stereocenters. The van der Waals surface area contributed by atoms with E-state index in [1.54, 1.807) is 18.7 Å². The first-order chi connectivity index (χ1) is 11.3. The van der Waals surface area contributed by atoms with Crippen molar-refractivity contribution in [2.24, 2.45) is 5.41 Å². The van der Waals surface area contributed by atoms with Crippen LogP contribution in [0.5, 0.6) is 0 Å². The van der Waals surface area contributed by atoms with Gasteiger partial charge < -0.3 is 10.2 Å². The van der Waals surface area contributed by atoms with E-state index in [-0.39, 0.29) is 17.9 Å². The van der Waals surface area contributed by atoms with Crippen LogP contribution in [0.25, 0.3) is 0 Å². The fourth-order valence-corrected chi connectivity index (χ4v) is 2.52. The summed E-state index contributed by atoms with van der Waals surface area (Å²) in [6.07, 6.45) is 3.14. The molecule has 4 heteroatoms. The lowest BCUT2D eigenvalue weighted by Crippen LogP contribution is -2.51. The molecule has 0 bridgehead atoms. The van der Waals surface area contributed by atoms with Crippen molar-refractivity contribution in [3.63, 3.8) is 0 Å². The number of amides is 2. The Hall–Kier alpha value is -1.84. The third-order valence-electron chi connectivity index (χ3n) is 4.25. The standard InChI is InChI=1S/C20H32N2O2/c1-6-7-11-14-21-18(23)20(4,5)19(24)22(16(2)3)15-17-12-9-8-10-13-17/h8-10,12-13,16H,6-7,11,14-15H2,1-5H3,(H,21,23). The maximum atomic E-state index is 13.0. The number of nitrogens with zero attached hydrogens (tertiary/aromatic N) is 1. The van der Waals surface area contributed by atoms with E-state index in [0.717, 1.165) is 24.8 Å². The van der Waals surface area contributed by atoms with Crippen molar-refractivity contribution in [3.05, 3.63) is 35.9 Å². The summed E-state index contributed by atoms with van der Waals surface area (Å²) < 4.78 is 0. The van der Waals surface area contributed by atoms with E-state index < -0.39 is 5.41 Å². The molecule has 0 aliphatic rings. The van der Waals surface area contributed by atoms with E-state index in [9.17, 15) is 9.59 Å². The number of carbonyl (C=O) groups excluding carboxylic acids is 2. The van der Waals surface area contributed by atoms with Gasteiger partial charge in [0, 0.05) is 19.1 Å². The van der Waals surface area contributed by atoms with Gasteiger partial charge in [-0.3, -0.25) is 9.59 Å². The molecular weight excluding hydrogens is 300 g/mol. The maximum Gasteiger partial charge on any atom is 0.238 e. The number of rotatable bonds is 9. The molecule has 1 N–H and O–H groups in total. The molecule has 1 aromatic rings. The summed E-state index contributed by atoms with van der Waals surface area (Å²) in [6.45, 7) is 10.7. The largest absolute Gasteiger partial charge is 0.355 e. The number of benzene rings is 1. The molecule has 0 saturated heterocycles. The summed E-state index contributed by atoms with van der Waals surface area (Å²) in [5.74, 6) is -0.323. The van der Waals surface area contributed by atoms with E-state index in [2.05, 4.69) is 12.2 Å². The maximum absolute atomic E-state index is 13.0. The molecule has 0 aliphatic heterocycles. The summed E-state index contributed by atoms with van der Waals surface area (Å²) >= 11 is 0. The molecule has 134 valence electrons. The number of hydrogen-bond acceptors (Lipinski definition) is 2. The van der Waals surface area contributed by atoms with E-state index in [1.165, 1.54) is 0 Å². The summed E-state index contributed by atoms with van der Waals surface area (Å²) in [7, 11) is 0. The van der Waals surface area contributed by atoms with Crippen molar-refractivity contribution in [2.75, 3.05) is 6.54 Å². The third-order valence-corrected chi connectivity index (χ3v) is 4.25. The number of hydrogen-bond donors (Lipinski definition) is 1. The average Bonchev–Trinajstić information content (AvgIpc) is 2.56. The zero-order valence-electron chi connectivity index (χ0n) is 15.8. The van der Waals surface area contributed by atoms with Crippen LogP contribution in [0.15, 0.2) is 30.3 Å². The zero-order chi connectivity index (χ0) is 18.2. The summed E-state index contributed by atoms with van der Waals surface area (Å²) in [5, 5.41) is 2.91. The Morgan fingerprint density at radius 2 is 1.75 bits per heavy atom. The molecule has 0 saturated carbocycles. The fraction of sp³-hybridized carbons (Fsp3) is 0.600. The highest BCUT2D eigenvalue weighted by Crippen LogP contribution is 2.22. The van der Waals surface area contributed by atoms with Gasteiger partial charge in [0.25, 0.3) is 0 Å². The van der Waals surface area contributed by atoms with Crippen molar-refractivity contribution in [2.45, 2.75) is 66.5 Å². The van der Waals surface area contributed by atoms with Crippen molar-refractivity contribution in [3.8, 4) is 0 Å². The number of carbonyl (C=O) groups is 2. The molecule has 1 rings (SSSR count). The van der Waals surface area contributed by atoms with Crippen LogP contribution < -0.4 is 5.32 Å². The molecule has 0 aromatic heterocycles. The predicted octanol–water partition coefficient (Wildman–Crippen LogP) is 3.76. The second-order valence-electron chi connectivity index (χ2n) is 7.10. The van der Waals surface area contributed by atoms with Crippen LogP contribution in [0.2, 0.25) is 0 Å². The Balaban J connectivity index is 2.78. The Labute approximate surface area is 146 Å². The van der Waals surface area contributed by atoms with Crippen LogP contribution in [0.3, 0.4) is 0 Å². The lowest BCUT2D eigenvalue weighted by atomic mass is 9.89. The Kier molecular flexibility index (Phi) is 7.96. The Morgan fingerprint density at radius 1 is 1.12 bits per heavy atom. The van der Waals surface area contributed by atoms with Gasteiger partial charge in [-0.15, -0.1) is 0 Å². The van der Waals surface area contributed by atoms with Gasteiger partial charge in [0.2, 0.25) is 11.8 Å². The van der Waals surface area contributed by atoms with Crippen LogP contribution in [-0.2, 0) is 16.1 Å². The van der Waals surface area contributed by atoms with Gasteiger partial charge >= 0.3 is 0 Å². The van der Waals surface area contributed by atoms with Gasteiger partial charge in [-0.2, -0.15) is 0 Å². The van der Waals surface area contributed by atoms with Gasteiger partial charge in [0.15, 0.2) is 0 Å². The second kappa shape index (κ2) is 9.45. The number of nitrogens with one attached hydrogen (secondary N) is 1. The second-order valence-corrected chi connectivity index (χ2v) is 7.10. The van der Waals surface area contributed by atoms with Gasteiger partial charge in [-0.1, -0.05) is 50.1 Å². The first-order valence-electron chi connectivity index (χ1n) is 8.94. The van der Waals surface area contributed by atoms with Gasteiger partial charge in [0.1, 0.15) is 5.41 Å². The van der Waals surface area contributed by atoms with E-state index in [0.29, 0.717) is 13.1 Å². The van der Waals surface area contributed by atoms with Crippen molar-refractivity contribution in [1.29, 1.82) is 0 Å². The van der Waals surface area contributed by atoms with Crippen molar-refractivity contribution in [1.82, 2.24) is 10.2 Å². The Bertz CT molecular complexity index is 524. The van der Waals surface area contributed by atoms with Crippen molar-refractivity contribution < 1.29 is 9.59 Å². The summed E-state index contributed by atoms with van der Waals surface area (Å²) in [5.41, 5.74) is 0.00402. The van der Waals surface area contributed by atoms with Crippen molar-refractivity contribution >= 4 is 11.8 Å². The Morgan fingerprint density at radius 3 is 2.29 bits per heavy atom. The average molecular weight is 332 g/mol. The molecule has 0 fully saturated rings. The summed E-state index contributed by atoms with van der Waals surface area (Å²) in [6, 6.07) is 9.91. The summed E-state index contributed by atoms with van der Waals surface area (Å²) in [4.78, 5) is 27.3. The minimum atomic E-state index is -1.06. The molecule has 4 nitrogen and oxygen atoms in total. The van der Waals surface area contributed by atoms with E-state index >= 15 is 0 Å². The van der Waals surface area contributed by atoms with Gasteiger partial charge in [-0.25, -0.2) is 0 Å². The molecular formula is C20H32N2O2. The van der Waals surface area contributed by atoms with Crippen LogP contribution in [0, 0.1) is 5.41 Å². The smallest absolute Gasteiger partial charge is 0.238 e. The highest BCUT2D eigenvalue weighted by atomic mass is 16.2. The molecule has 0 radical (unpaired) electrons. The first kappa shape index (κ1) is 20.2. The normalized spacial score (nSPS) is 11.4. The lowest BCUT2D eigenvalue weighted by molar-refractivity contribution is -0.150. The molecule has 1 aromatic carbocycles. The highest BCUT2D eigenvalue weighted by Gasteiger charge is 2.39. The first-order valence-corrected chi connectivity index (χ1v) is 8.94. The fourth-order valence-electron chi connectivity index (χ4n) is 2.52. The molecule has 24 heavy (non-hydrogen) atoms. The monoisotopic (exact) mass is 332 g/mol. The van der Waals surface area contributed by atoms with Crippen LogP contribution in [-0.4, -0.2) is 29.3 Å². The van der Waals surface area contributed by atoms with Crippen LogP contribution >= 0.6 is 0 Å².